The van der Waals surface area contributed by atoms with E-state index in [0.29, 0.717) is 0 Å². The third-order valence-corrected chi connectivity index (χ3v) is 2.95. The summed E-state index contributed by atoms with van der Waals surface area (Å²) in [4.78, 5) is 33.4. The molecule has 0 unspecified atom stereocenters. The molecule has 0 fully saturated rings. The van der Waals surface area contributed by atoms with Gasteiger partial charge in [0.15, 0.2) is 5.75 Å². The number of nitro benzene ring substituents is 1. The number of hydrogen-bond donors (Lipinski definition) is 2. The highest BCUT2D eigenvalue weighted by Gasteiger charge is 2.23. The van der Waals surface area contributed by atoms with Gasteiger partial charge in [-0.2, -0.15) is 0 Å². The Balaban J connectivity index is 2.97. The summed E-state index contributed by atoms with van der Waals surface area (Å²) in [6, 6.07) is 2.59. The molecule has 1 amide bonds. The SMILES string of the molecule is COc1cc(C(=O)N[C@@H](CC(C)C)C(=O)O)ccc1[N+](=O)[O-]. The first kappa shape index (κ1) is 17.4. The van der Waals surface area contributed by atoms with E-state index in [4.69, 9.17) is 9.84 Å². The Morgan fingerprint density at radius 1 is 1.41 bits per heavy atom. The topological polar surface area (TPSA) is 119 Å². The normalized spacial score (nSPS) is 11.8. The molecule has 0 saturated heterocycles. The van der Waals surface area contributed by atoms with Crippen molar-refractivity contribution in [2.45, 2.75) is 26.3 Å². The highest BCUT2D eigenvalue weighted by molar-refractivity contribution is 5.97. The van der Waals surface area contributed by atoms with Gasteiger partial charge in [-0.25, -0.2) is 4.79 Å². The third kappa shape index (κ3) is 4.44. The van der Waals surface area contributed by atoms with Crippen LogP contribution in [-0.2, 0) is 4.79 Å². The number of carbonyl (C=O) groups is 2. The average molecular weight is 310 g/mol. The van der Waals surface area contributed by atoms with E-state index in [-0.39, 0.29) is 29.3 Å². The van der Waals surface area contributed by atoms with Crippen LogP contribution in [0.2, 0.25) is 0 Å². The zero-order chi connectivity index (χ0) is 16.9. The molecule has 0 bridgehead atoms. The maximum Gasteiger partial charge on any atom is 0.326 e. The number of nitro groups is 1. The Morgan fingerprint density at radius 2 is 2.05 bits per heavy atom. The van der Waals surface area contributed by atoms with Crippen molar-refractivity contribution in [2.24, 2.45) is 5.92 Å². The highest BCUT2D eigenvalue weighted by Crippen LogP contribution is 2.27. The van der Waals surface area contributed by atoms with Crippen LogP contribution in [0, 0.1) is 16.0 Å². The number of rotatable bonds is 7. The number of benzene rings is 1. The van der Waals surface area contributed by atoms with Crippen LogP contribution in [-0.4, -0.2) is 35.1 Å². The summed E-state index contributed by atoms with van der Waals surface area (Å²) >= 11 is 0. The molecular formula is C14H18N2O6. The smallest absolute Gasteiger partial charge is 0.326 e. The molecule has 0 aliphatic heterocycles. The number of hydrogen-bond acceptors (Lipinski definition) is 5. The maximum absolute atomic E-state index is 12.1. The van der Waals surface area contributed by atoms with Gasteiger partial charge in [-0.15, -0.1) is 0 Å². The van der Waals surface area contributed by atoms with Gasteiger partial charge in [0.25, 0.3) is 5.91 Å². The zero-order valence-electron chi connectivity index (χ0n) is 12.5. The summed E-state index contributed by atoms with van der Waals surface area (Å²) in [6.07, 6.45) is 0.283. The van der Waals surface area contributed by atoms with E-state index in [0.717, 1.165) is 6.07 Å². The van der Waals surface area contributed by atoms with E-state index >= 15 is 0 Å². The van der Waals surface area contributed by atoms with Crippen LogP contribution in [0.5, 0.6) is 5.75 Å². The minimum atomic E-state index is -1.13. The molecule has 120 valence electrons. The maximum atomic E-state index is 12.1. The monoisotopic (exact) mass is 310 g/mol. The number of nitrogens with one attached hydrogen (secondary N) is 1. The lowest BCUT2D eigenvalue weighted by Crippen LogP contribution is -2.41. The van der Waals surface area contributed by atoms with Gasteiger partial charge in [0.1, 0.15) is 6.04 Å². The van der Waals surface area contributed by atoms with E-state index in [1.165, 1.54) is 19.2 Å². The van der Waals surface area contributed by atoms with Crippen LogP contribution >= 0.6 is 0 Å². The van der Waals surface area contributed by atoms with E-state index in [1.54, 1.807) is 0 Å². The molecule has 2 N–H and O–H groups in total. The number of aliphatic carboxylic acids is 1. The molecule has 1 atom stereocenters. The van der Waals surface area contributed by atoms with Gasteiger partial charge < -0.3 is 15.2 Å². The molecule has 0 aliphatic rings. The number of carboxylic acids is 1. The van der Waals surface area contributed by atoms with E-state index in [2.05, 4.69) is 5.32 Å². The van der Waals surface area contributed by atoms with Gasteiger partial charge in [0.2, 0.25) is 0 Å². The summed E-state index contributed by atoms with van der Waals surface area (Å²) in [7, 11) is 1.25. The van der Waals surface area contributed by atoms with Crippen molar-refractivity contribution in [3.8, 4) is 5.75 Å². The minimum absolute atomic E-state index is 0.0617. The van der Waals surface area contributed by atoms with E-state index < -0.39 is 22.8 Å². The average Bonchev–Trinajstić information content (AvgIpc) is 2.44. The molecule has 0 saturated carbocycles. The first-order valence-corrected chi connectivity index (χ1v) is 6.62. The number of ether oxygens (including phenoxy) is 1. The second kappa shape index (κ2) is 7.39. The molecule has 0 spiro atoms. The second-order valence-corrected chi connectivity index (χ2v) is 5.14. The number of nitrogens with zero attached hydrogens (tertiary/aromatic N) is 1. The number of amides is 1. The molecule has 1 rings (SSSR count). The third-order valence-electron chi connectivity index (χ3n) is 2.95. The predicted molar refractivity (Wildman–Crippen MR) is 78.0 cm³/mol. The lowest BCUT2D eigenvalue weighted by atomic mass is 10.0. The van der Waals surface area contributed by atoms with Gasteiger partial charge in [0.05, 0.1) is 12.0 Å². The molecule has 0 aromatic heterocycles. The standard InChI is InChI=1S/C14H18N2O6/c1-8(2)6-10(14(18)19)15-13(17)9-4-5-11(16(20)21)12(7-9)22-3/h4-5,7-8,10H,6H2,1-3H3,(H,15,17)(H,18,19)/t10-/m0/s1. The van der Waals surface area contributed by atoms with Crippen molar-refractivity contribution in [1.29, 1.82) is 0 Å². The molecule has 1 aromatic rings. The van der Waals surface area contributed by atoms with Gasteiger partial charge in [0, 0.05) is 17.7 Å². The Bertz CT molecular complexity index is 585. The molecular weight excluding hydrogens is 292 g/mol. The van der Waals surface area contributed by atoms with Gasteiger partial charge >= 0.3 is 11.7 Å². The van der Waals surface area contributed by atoms with Crippen LogP contribution in [0.25, 0.3) is 0 Å². The highest BCUT2D eigenvalue weighted by atomic mass is 16.6. The van der Waals surface area contributed by atoms with Crippen LogP contribution in [0.15, 0.2) is 18.2 Å². The number of methoxy groups -OCH3 is 1. The summed E-state index contributed by atoms with van der Waals surface area (Å²) in [5.41, 5.74) is -0.173. The van der Waals surface area contributed by atoms with Crippen LogP contribution in [0.3, 0.4) is 0 Å². The quantitative estimate of drug-likeness (QED) is 0.586. The Kier molecular flexibility index (Phi) is 5.85. The molecule has 0 aliphatic carbocycles. The summed E-state index contributed by atoms with van der Waals surface area (Å²) in [6.45, 7) is 3.69. The van der Waals surface area contributed by atoms with Crippen molar-refractivity contribution < 1.29 is 24.4 Å². The fourth-order valence-corrected chi connectivity index (χ4v) is 1.90. The van der Waals surface area contributed by atoms with Crippen LogP contribution in [0.1, 0.15) is 30.6 Å². The van der Waals surface area contributed by atoms with Gasteiger partial charge in [-0.1, -0.05) is 13.8 Å². The zero-order valence-corrected chi connectivity index (χ0v) is 12.5. The summed E-state index contributed by atoms with van der Waals surface area (Å²) in [5, 5.41) is 22.3. The van der Waals surface area contributed by atoms with Crippen molar-refractivity contribution in [3.05, 3.63) is 33.9 Å². The first-order valence-electron chi connectivity index (χ1n) is 6.62. The molecule has 0 radical (unpaired) electrons. The van der Waals surface area contributed by atoms with E-state index in [9.17, 15) is 19.7 Å². The molecule has 1 aromatic carbocycles. The second-order valence-electron chi connectivity index (χ2n) is 5.14. The fourth-order valence-electron chi connectivity index (χ4n) is 1.90. The van der Waals surface area contributed by atoms with E-state index in [1.807, 2.05) is 13.8 Å². The lowest BCUT2D eigenvalue weighted by Gasteiger charge is -2.16. The van der Waals surface area contributed by atoms with Crippen LogP contribution in [0.4, 0.5) is 5.69 Å². The molecule has 0 heterocycles. The van der Waals surface area contributed by atoms with Crippen molar-refractivity contribution >= 4 is 17.6 Å². The van der Waals surface area contributed by atoms with Gasteiger partial charge in [-0.05, 0) is 18.4 Å². The van der Waals surface area contributed by atoms with Crippen molar-refractivity contribution in [2.75, 3.05) is 7.11 Å². The predicted octanol–water partition coefficient (Wildman–Crippen LogP) is 1.83. The van der Waals surface area contributed by atoms with Gasteiger partial charge in [-0.3, -0.25) is 14.9 Å². The van der Waals surface area contributed by atoms with Crippen molar-refractivity contribution in [1.82, 2.24) is 5.32 Å². The first-order chi connectivity index (χ1) is 10.3. The summed E-state index contributed by atoms with van der Waals surface area (Å²) < 4.78 is 4.88. The Labute approximate surface area is 127 Å². The van der Waals surface area contributed by atoms with Crippen LogP contribution < -0.4 is 10.1 Å². The number of carboxylic acid groups (broad SMARTS) is 1. The largest absolute Gasteiger partial charge is 0.490 e. The Morgan fingerprint density at radius 3 is 2.50 bits per heavy atom. The van der Waals surface area contributed by atoms with Crippen molar-refractivity contribution in [3.63, 3.8) is 0 Å². The number of carbonyl (C=O) groups excluding carboxylic acids is 1. The molecule has 8 heteroatoms. The minimum Gasteiger partial charge on any atom is -0.490 e. The molecule has 8 nitrogen and oxygen atoms in total. The Hall–Kier alpha value is -2.64. The summed E-state index contributed by atoms with van der Waals surface area (Å²) in [5.74, 6) is -1.72. The lowest BCUT2D eigenvalue weighted by molar-refractivity contribution is -0.385. The fraction of sp³-hybridized carbons (Fsp3) is 0.429. The molecule has 22 heavy (non-hydrogen) atoms.